The fourth-order valence-electron chi connectivity index (χ4n) is 1.85. The molecule has 0 radical (unpaired) electrons. The van der Waals surface area contributed by atoms with Gasteiger partial charge in [-0.15, -0.1) is 0 Å². The number of pyridine rings is 1. The average molecular weight is 283 g/mol. The third kappa shape index (κ3) is 2.53. The zero-order valence-corrected chi connectivity index (χ0v) is 12.0. The second-order valence-corrected chi connectivity index (χ2v) is 5.70. The van der Waals surface area contributed by atoms with E-state index in [1.807, 2.05) is 32.0 Å². The number of hydrogen-bond acceptors (Lipinski definition) is 4. The lowest BCUT2D eigenvalue weighted by Crippen LogP contribution is -2.13. The summed E-state index contributed by atoms with van der Waals surface area (Å²) in [5.74, 6) is -0.235. The van der Waals surface area contributed by atoms with Gasteiger partial charge in [-0.05, 0) is 43.2 Å². The smallest absolute Gasteiger partial charge is 0.276 e. The maximum atomic E-state index is 12.1. The fourth-order valence-corrected chi connectivity index (χ4v) is 2.81. The number of aryl methyl sites for hydroxylation is 2. The monoisotopic (exact) mass is 283 g/mol. The molecule has 0 unspecified atom stereocenters. The van der Waals surface area contributed by atoms with Gasteiger partial charge in [-0.3, -0.25) is 15.1 Å². The Morgan fingerprint density at radius 1 is 1.15 bits per heavy atom. The summed E-state index contributed by atoms with van der Waals surface area (Å²) in [7, 11) is 0. The highest BCUT2D eigenvalue weighted by molar-refractivity contribution is 7.22. The van der Waals surface area contributed by atoms with Crippen LogP contribution in [0.4, 0.5) is 5.13 Å². The number of carbonyl (C=O) groups is 1. The maximum Gasteiger partial charge on any atom is 0.276 e. The number of fused-ring (bicyclic) bond motifs is 1. The summed E-state index contributed by atoms with van der Waals surface area (Å²) in [6.45, 7) is 3.97. The lowest BCUT2D eigenvalue weighted by Gasteiger charge is -2.00. The van der Waals surface area contributed by atoms with Crippen molar-refractivity contribution in [1.82, 2.24) is 9.97 Å². The summed E-state index contributed by atoms with van der Waals surface area (Å²) in [6, 6.07) is 9.61. The quantitative estimate of drug-likeness (QED) is 0.782. The van der Waals surface area contributed by atoms with Gasteiger partial charge in [0.25, 0.3) is 5.91 Å². The van der Waals surface area contributed by atoms with Gasteiger partial charge < -0.3 is 0 Å². The van der Waals surface area contributed by atoms with Crippen molar-refractivity contribution in [2.75, 3.05) is 5.32 Å². The van der Waals surface area contributed by atoms with E-state index in [1.54, 1.807) is 12.3 Å². The predicted molar refractivity (Wildman–Crippen MR) is 81.3 cm³/mol. The highest BCUT2D eigenvalue weighted by atomic mass is 32.1. The molecule has 2 aromatic heterocycles. The van der Waals surface area contributed by atoms with E-state index in [-0.39, 0.29) is 5.91 Å². The van der Waals surface area contributed by atoms with E-state index in [1.165, 1.54) is 16.9 Å². The van der Waals surface area contributed by atoms with Crippen molar-refractivity contribution in [2.24, 2.45) is 0 Å². The second kappa shape index (κ2) is 5.02. The van der Waals surface area contributed by atoms with E-state index < -0.39 is 0 Å². The SMILES string of the molecule is Cc1ccc(C(=O)Nc2nc3ccc(C)cc3s2)nc1. The Balaban J connectivity index is 1.85. The summed E-state index contributed by atoms with van der Waals surface area (Å²) < 4.78 is 1.07. The molecule has 3 aromatic rings. The molecule has 0 atom stereocenters. The van der Waals surface area contributed by atoms with Gasteiger partial charge in [-0.25, -0.2) is 4.98 Å². The molecule has 4 nitrogen and oxygen atoms in total. The van der Waals surface area contributed by atoms with Crippen LogP contribution < -0.4 is 5.32 Å². The molecule has 1 amide bonds. The Kier molecular flexibility index (Phi) is 3.20. The van der Waals surface area contributed by atoms with Crippen molar-refractivity contribution < 1.29 is 4.79 Å². The van der Waals surface area contributed by atoms with E-state index >= 15 is 0 Å². The highest BCUT2D eigenvalue weighted by Gasteiger charge is 2.10. The number of thiazole rings is 1. The maximum absolute atomic E-state index is 12.1. The third-order valence-electron chi connectivity index (χ3n) is 2.91. The van der Waals surface area contributed by atoms with E-state index in [0.29, 0.717) is 10.8 Å². The van der Waals surface area contributed by atoms with Gasteiger partial charge in [-0.1, -0.05) is 23.5 Å². The van der Waals surface area contributed by atoms with E-state index in [2.05, 4.69) is 21.4 Å². The van der Waals surface area contributed by atoms with Gasteiger partial charge in [0.2, 0.25) is 0 Å². The summed E-state index contributed by atoms with van der Waals surface area (Å²) in [5, 5.41) is 3.39. The number of hydrogen-bond donors (Lipinski definition) is 1. The summed E-state index contributed by atoms with van der Waals surface area (Å²) in [6.07, 6.45) is 1.68. The van der Waals surface area contributed by atoms with Crippen molar-refractivity contribution in [2.45, 2.75) is 13.8 Å². The van der Waals surface area contributed by atoms with Crippen molar-refractivity contribution in [3.8, 4) is 0 Å². The van der Waals surface area contributed by atoms with Crippen LogP contribution in [0.15, 0.2) is 36.5 Å². The highest BCUT2D eigenvalue weighted by Crippen LogP contribution is 2.26. The van der Waals surface area contributed by atoms with Crippen LogP contribution in [0.5, 0.6) is 0 Å². The zero-order valence-electron chi connectivity index (χ0n) is 11.2. The number of nitrogens with one attached hydrogen (secondary N) is 1. The van der Waals surface area contributed by atoms with Crippen LogP contribution in [-0.4, -0.2) is 15.9 Å². The lowest BCUT2D eigenvalue weighted by atomic mass is 10.2. The minimum absolute atomic E-state index is 0.235. The van der Waals surface area contributed by atoms with Crippen LogP contribution in [0.25, 0.3) is 10.2 Å². The normalized spacial score (nSPS) is 10.7. The van der Waals surface area contributed by atoms with Gasteiger partial charge in [0.1, 0.15) is 5.69 Å². The molecule has 0 aliphatic carbocycles. The van der Waals surface area contributed by atoms with Crippen LogP contribution in [0.1, 0.15) is 21.6 Å². The van der Waals surface area contributed by atoms with Crippen molar-refractivity contribution in [1.29, 1.82) is 0 Å². The van der Waals surface area contributed by atoms with Crippen molar-refractivity contribution in [3.63, 3.8) is 0 Å². The molecule has 3 rings (SSSR count). The van der Waals surface area contributed by atoms with Gasteiger partial charge in [0.05, 0.1) is 10.2 Å². The molecule has 2 heterocycles. The van der Waals surface area contributed by atoms with E-state index in [4.69, 9.17) is 0 Å². The Morgan fingerprint density at radius 2 is 1.95 bits per heavy atom. The van der Waals surface area contributed by atoms with Gasteiger partial charge in [0, 0.05) is 6.20 Å². The number of amides is 1. The first-order valence-electron chi connectivity index (χ1n) is 6.23. The van der Waals surface area contributed by atoms with E-state index in [0.717, 1.165) is 15.8 Å². The van der Waals surface area contributed by atoms with Crippen LogP contribution >= 0.6 is 11.3 Å². The first-order valence-corrected chi connectivity index (χ1v) is 7.05. The second-order valence-electron chi connectivity index (χ2n) is 4.67. The Hall–Kier alpha value is -2.27. The molecule has 20 heavy (non-hydrogen) atoms. The number of nitrogens with zero attached hydrogens (tertiary/aromatic N) is 2. The Bertz CT molecular complexity index is 777. The summed E-state index contributed by atoms with van der Waals surface area (Å²) >= 11 is 1.47. The Labute approximate surface area is 120 Å². The first-order chi connectivity index (χ1) is 9.61. The predicted octanol–water partition coefficient (Wildman–Crippen LogP) is 3.56. The summed E-state index contributed by atoms with van der Waals surface area (Å²) in [5.41, 5.74) is 3.50. The van der Waals surface area contributed by atoms with Crippen LogP contribution in [0.3, 0.4) is 0 Å². The van der Waals surface area contributed by atoms with Crippen molar-refractivity contribution in [3.05, 3.63) is 53.3 Å². The molecular formula is C15H13N3OS. The Morgan fingerprint density at radius 3 is 2.70 bits per heavy atom. The average Bonchev–Trinajstić information content (AvgIpc) is 2.80. The van der Waals surface area contributed by atoms with Gasteiger partial charge in [0.15, 0.2) is 5.13 Å². The van der Waals surface area contributed by atoms with Crippen LogP contribution in [-0.2, 0) is 0 Å². The minimum atomic E-state index is -0.235. The molecule has 0 bridgehead atoms. The molecule has 100 valence electrons. The molecule has 0 aliphatic rings. The van der Waals surface area contributed by atoms with Gasteiger partial charge >= 0.3 is 0 Å². The molecule has 0 fully saturated rings. The standard InChI is InChI=1S/C15H13N3OS/c1-9-3-5-11-13(7-9)20-15(17-11)18-14(19)12-6-4-10(2)8-16-12/h3-8H,1-2H3,(H,17,18,19). The molecule has 5 heteroatoms. The number of rotatable bonds is 2. The molecule has 0 spiro atoms. The number of aromatic nitrogens is 2. The van der Waals surface area contributed by atoms with Gasteiger partial charge in [-0.2, -0.15) is 0 Å². The van der Waals surface area contributed by atoms with E-state index in [9.17, 15) is 4.79 Å². The summed E-state index contributed by atoms with van der Waals surface area (Å²) in [4.78, 5) is 20.6. The zero-order chi connectivity index (χ0) is 14.1. The fraction of sp³-hybridized carbons (Fsp3) is 0.133. The van der Waals surface area contributed by atoms with Crippen molar-refractivity contribution >= 4 is 32.6 Å². The molecule has 1 aromatic carbocycles. The molecule has 0 saturated heterocycles. The molecule has 0 aliphatic heterocycles. The topological polar surface area (TPSA) is 54.9 Å². The molecule has 1 N–H and O–H groups in total. The van der Waals surface area contributed by atoms with Crippen LogP contribution in [0.2, 0.25) is 0 Å². The first kappa shape index (κ1) is 12.7. The third-order valence-corrected chi connectivity index (χ3v) is 3.84. The molecular weight excluding hydrogens is 270 g/mol. The van der Waals surface area contributed by atoms with Crippen LogP contribution in [0, 0.1) is 13.8 Å². The number of benzene rings is 1. The largest absolute Gasteiger partial charge is 0.296 e. The number of anilines is 1. The minimum Gasteiger partial charge on any atom is -0.296 e. The molecule has 0 saturated carbocycles. The lowest BCUT2D eigenvalue weighted by molar-refractivity contribution is 0.102. The number of carbonyl (C=O) groups excluding carboxylic acids is 1.